The van der Waals surface area contributed by atoms with Crippen LogP contribution in [0.2, 0.25) is 0 Å². The Morgan fingerprint density at radius 2 is 1.06 bits per heavy atom. The van der Waals surface area contributed by atoms with Gasteiger partial charge in [0.15, 0.2) is 0 Å². The molecule has 5 aromatic rings. The first-order valence-corrected chi connectivity index (χ1v) is 16.3. The molecule has 0 amide bonds. The molecule has 1 aromatic heterocycles. The van der Waals surface area contributed by atoms with Crippen LogP contribution in [0.4, 0.5) is 0 Å². The van der Waals surface area contributed by atoms with Crippen molar-refractivity contribution < 1.29 is 9.21 Å². The SMILES string of the molecule is O=C(CP(Br)(c1ccccc1)(c1ccccc1)c1ccccc1)c1ccc(C=Cc2ccccc2)o1. The summed E-state index contributed by atoms with van der Waals surface area (Å²) < 4.78 is 6.03. The first-order chi connectivity index (χ1) is 17.6. The van der Waals surface area contributed by atoms with Gasteiger partial charge in [0.1, 0.15) is 0 Å². The van der Waals surface area contributed by atoms with Crippen LogP contribution in [0.3, 0.4) is 0 Å². The third kappa shape index (κ3) is 4.53. The van der Waals surface area contributed by atoms with E-state index in [9.17, 15) is 4.79 Å². The predicted molar refractivity (Wildman–Crippen MR) is 157 cm³/mol. The van der Waals surface area contributed by atoms with Crippen LogP contribution in [0.25, 0.3) is 12.2 Å². The van der Waals surface area contributed by atoms with E-state index in [0.29, 0.717) is 11.5 Å². The third-order valence-electron chi connectivity index (χ3n) is 6.47. The maximum atomic E-state index is 14.0. The van der Waals surface area contributed by atoms with Gasteiger partial charge in [-0.2, -0.15) is 0 Å². The van der Waals surface area contributed by atoms with E-state index in [4.69, 9.17) is 4.42 Å². The third-order valence-corrected chi connectivity index (χ3v) is 15.9. The molecule has 0 aliphatic heterocycles. The maximum absolute atomic E-state index is 14.0. The molecule has 0 saturated carbocycles. The number of Topliss-reactive ketones (excluding diaryl/α,β-unsaturated/α-hetero) is 1. The van der Waals surface area contributed by atoms with E-state index in [1.165, 1.54) is 0 Å². The van der Waals surface area contributed by atoms with E-state index in [-0.39, 0.29) is 11.9 Å². The Hall–Kier alpha value is -3.52. The van der Waals surface area contributed by atoms with Gasteiger partial charge in [-0.1, -0.05) is 0 Å². The van der Waals surface area contributed by atoms with E-state index in [2.05, 4.69) is 51.9 Å². The van der Waals surface area contributed by atoms with Crippen LogP contribution in [0, 0.1) is 0 Å². The summed E-state index contributed by atoms with van der Waals surface area (Å²) in [6.07, 6.45) is 4.14. The molecule has 4 aromatic carbocycles. The van der Waals surface area contributed by atoms with Gasteiger partial charge >= 0.3 is 221 Å². The van der Waals surface area contributed by atoms with Crippen LogP contribution in [0.5, 0.6) is 0 Å². The molecule has 0 N–H and O–H groups in total. The van der Waals surface area contributed by atoms with E-state index < -0.39 is 5.31 Å². The van der Waals surface area contributed by atoms with Crippen LogP contribution >= 0.6 is 20.8 Å². The zero-order chi connectivity index (χ0) is 24.9. The molecule has 2 nitrogen and oxygen atoms in total. The Morgan fingerprint density at radius 1 is 0.611 bits per heavy atom. The average Bonchev–Trinajstić information content (AvgIpc) is 3.43. The summed E-state index contributed by atoms with van der Waals surface area (Å²) in [5, 5.41) is -0.0612. The number of hydrogen-bond acceptors (Lipinski definition) is 2. The number of hydrogen-bond donors (Lipinski definition) is 0. The van der Waals surface area contributed by atoms with Crippen LogP contribution in [0.15, 0.2) is 138 Å². The Morgan fingerprint density at radius 3 is 1.53 bits per heavy atom. The topological polar surface area (TPSA) is 30.2 Å². The van der Waals surface area contributed by atoms with E-state index in [1.54, 1.807) is 6.07 Å². The van der Waals surface area contributed by atoms with Gasteiger partial charge in [0, 0.05) is 0 Å². The first kappa shape index (κ1) is 24.2. The van der Waals surface area contributed by atoms with Gasteiger partial charge in [-0.3, -0.25) is 0 Å². The summed E-state index contributed by atoms with van der Waals surface area (Å²) in [7, 11) is 0. The Kier molecular flexibility index (Phi) is 6.87. The van der Waals surface area contributed by atoms with Gasteiger partial charge in [0.2, 0.25) is 0 Å². The van der Waals surface area contributed by atoms with Gasteiger partial charge < -0.3 is 0 Å². The van der Waals surface area contributed by atoms with Gasteiger partial charge in [-0.15, -0.1) is 0 Å². The predicted octanol–water partition coefficient (Wildman–Crippen LogP) is 7.47. The second-order valence-electron chi connectivity index (χ2n) is 8.72. The summed E-state index contributed by atoms with van der Waals surface area (Å²) in [5.41, 5.74) is 1.07. The number of furan rings is 1. The molecular weight excluding hydrogens is 527 g/mol. The van der Waals surface area contributed by atoms with Crippen molar-refractivity contribution in [2.75, 3.05) is 6.16 Å². The van der Waals surface area contributed by atoms with E-state index >= 15 is 0 Å². The van der Waals surface area contributed by atoms with Gasteiger partial charge in [-0.05, 0) is 0 Å². The monoisotopic (exact) mass is 552 g/mol. The number of rotatable bonds is 8. The summed E-state index contributed by atoms with van der Waals surface area (Å²) in [5.74, 6) is 0.968. The molecule has 0 bridgehead atoms. The summed E-state index contributed by atoms with van der Waals surface area (Å²) in [4.78, 5) is 14.0. The summed E-state index contributed by atoms with van der Waals surface area (Å²) in [6.45, 7) is 0. The van der Waals surface area contributed by atoms with E-state index in [0.717, 1.165) is 21.5 Å². The fourth-order valence-corrected chi connectivity index (χ4v) is 11.9. The van der Waals surface area contributed by atoms with Crippen molar-refractivity contribution >= 4 is 54.6 Å². The Balaban J connectivity index is 1.60. The van der Waals surface area contributed by atoms with Crippen LogP contribution < -0.4 is 15.9 Å². The summed E-state index contributed by atoms with van der Waals surface area (Å²) >= 11 is 4.34. The van der Waals surface area contributed by atoms with Crippen molar-refractivity contribution in [1.82, 2.24) is 0 Å². The number of carbonyl (C=O) groups is 1. The molecule has 1 heterocycles. The standard InChI is InChI=1S/C32H26BrO2P/c33-36(28-15-7-2-8-16-28,29-17-9-3-10-18-29,30-19-11-4-12-20-30)25-31(34)32-24-23-27(35-32)22-21-26-13-5-1-6-14-26/h1-24H,25H2. The van der Waals surface area contributed by atoms with Crippen LogP contribution in [-0.2, 0) is 0 Å². The number of carbonyl (C=O) groups excluding carboxylic acids is 1. The number of halogens is 1. The van der Waals surface area contributed by atoms with Crippen molar-refractivity contribution in [2.45, 2.75) is 0 Å². The minimum absolute atomic E-state index is 0.0412. The molecular formula is C32H26BrO2P. The molecule has 0 fully saturated rings. The Bertz CT molecular complexity index is 1380. The van der Waals surface area contributed by atoms with Crippen molar-refractivity contribution in [1.29, 1.82) is 0 Å². The molecule has 36 heavy (non-hydrogen) atoms. The molecule has 0 spiro atoms. The molecule has 0 aliphatic carbocycles. The molecule has 0 aliphatic rings. The molecule has 0 radical (unpaired) electrons. The molecule has 0 atom stereocenters. The van der Waals surface area contributed by atoms with Crippen LogP contribution in [0.1, 0.15) is 21.9 Å². The first-order valence-electron chi connectivity index (χ1n) is 11.8. The van der Waals surface area contributed by atoms with Crippen LogP contribution in [-0.4, -0.2) is 11.9 Å². The van der Waals surface area contributed by atoms with Gasteiger partial charge in [0.05, 0.1) is 0 Å². The van der Waals surface area contributed by atoms with Crippen molar-refractivity contribution in [2.24, 2.45) is 0 Å². The van der Waals surface area contributed by atoms with Gasteiger partial charge in [0.25, 0.3) is 0 Å². The van der Waals surface area contributed by atoms with Crippen molar-refractivity contribution in [3.63, 3.8) is 0 Å². The Labute approximate surface area is 220 Å². The average molecular weight is 553 g/mol. The molecule has 178 valence electrons. The molecule has 4 heteroatoms. The molecule has 5 rings (SSSR count). The van der Waals surface area contributed by atoms with Crippen molar-refractivity contribution in [3.8, 4) is 0 Å². The summed E-state index contributed by atoms with van der Waals surface area (Å²) in [6, 6.07) is 44.6. The zero-order valence-electron chi connectivity index (χ0n) is 19.7. The van der Waals surface area contributed by atoms with Gasteiger partial charge in [-0.25, -0.2) is 0 Å². The number of benzene rings is 4. The zero-order valence-corrected chi connectivity index (χ0v) is 22.2. The van der Waals surface area contributed by atoms with Crippen molar-refractivity contribution in [3.05, 3.63) is 151 Å². The fourth-order valence-electron chi connectivity index (χ4n) is 4.62. The number of ketones is 1. The minimum atomic E-state index is -3.37. The van der Waals surface area contributed by atoms with E-state index in [1.807, 2.05) is 103 Å². The molecule has 0 saturated heterocycles. The quantitative estimate of drug-likeness (QED) is 0.147. The normalized spacial score (nSPS) is 12.8. The molecule has 0 unspecified atom stereocenters. The fraction of sp³-hybridized carbons (Fsp3) is 0.0312. The second kappa shape index (κ2) is 10.2. The second-order valence-corrected chi connectivity index (χ2v) is 17.6.